The summed E-state index contributed by atoms with van der Waals surface area (Å²) in [4.78, 5) is 0. The van der Waals surface area contributed by atoms with Gasteiger partial charge in [-0.2, -0.15) is 26.3 Å². The molecule has 0 aliphatic carbocycles. The van der Waals surface area contributed by atoms with Crippen molar-refractivity contribution in [2.24, 2.45) is 0 Å². The summed E-state index contributed by atoms with van der Waals surface area (Å²) < 4.78 is 84.3. The van der Waals surface area contributed by atoms with E-state index in [2.05, 4.69) is 0 Å². The minimum Gasteiger partial charge on any atom is -1.00 e. The maximum absolute atomic E-state index is 14.0. The molecule has 8 heteroatoms. The van der Waals surface area contributed by atoms with Crippen LogP contribution in [0.3, 0.4) is 0 Å². The van der Waals surface area contributed by atoms with Gasteiger partial charge in [0, 0.05) is 5.56 Å². The lowest BCUT2D eigenvalue weighted by molar-refractivity contribution is -0.144. The van der Waals surface area contributed by atoms with Gasteiger partial charge in [0.05, 0.1) is 17.3 Å². The second-order valence-corrected chi connectivity index (χ2v) is 11.3. The molecule has 0 radical (unpaired) electrons. The Hall–Kier alpha value is -2.63. The Morgan fingerprint density at radius 1 is 0.457 bits per heavy atom. The fraction of sp³-hybridized carbons (Fsp3) is 0.111. The third-order valence-corrected chi connectivity index (χ3v) is 10.1. The van der Waals surface area contributed by atoms with Crippen LogP contribution in [0.4, 0.5) is 26.3 Å². The molecule has 0 bridgehead atoms. The second kappa shape index (κ2) is 10.5. The van der Waals surface area contributed by atoms with Crippen molar-refractivity contribution in [1.82, 2.24) is 0 Å². The van der Waals surface area contributed by atoms with Crippen LogP contribution in [0, 0.1) is 0 Å². The fourth-order valence-electron chi connectivity index (χ4n) is 4.29. The summed E-state index contributed by atoms with van der Waals surface area (Å²) in [5.74, 6) is 0. The average molecular weight is 569 g/mol. The monoisotopic (exact) mass is 568 g/mol. The molecular weight excluding hydrogens is 549 g/mol. The SMILES string of the molecule is FC(F)(F)c1cccc(C(F)(F)F)c1C[P+](c1ccccc1)(c1ccccc1)c1ccccc1.[Br-]. The molecule has 0 N–H and O–H groups in total. The standard InChI is InChI=1S/C27H20F6P.BrH/c28-26(29,30)24-17-10-18-25(27(31,32)33)23(24)19-34(20-11-4-1-5-12-20,21-13-6-2-7-14-21)22-15-8-3-9-16-22;/h1-18H,19H2;1H/q+1;/p-1. The average Bonchev–Trinajstić information content (AvgIpc) is 2.83. The molecule has 4 aromatic rings. The highest BCUT2D eigenvalue weighted by Crippen LogP contribution is 2.60. The molecule has 0 aliphatic rings. The summed E-state index contributed by atoms with van der Waals surface area (Å²) in [6.07, 6.45) is -10.3. The third kappa shape index (κ3) is 5.46. The molecule has 0 amide bonds. The van der Waals surface area contributed by atoms with Crippen LogP contribution in [-0.2, 0) is 18.5 Å². The maximum atomic E-state index is 14.0. The molecule has 0 aliphatic heterocycles. The van der Waals surface area contributed by atoms with Crippen LogP contribution >= 0.6 is 7.26 Å². The number of benzene rings is 4. The smallest absolute Gasteiger partial charge is 0.416 e. The van der Waals surface area contributed by atoms with E-state index in [4.69, 9.17) is 0 Å². The van der Waals surface area contributed by atoms with Crippen molar-refractivity contribution in [2.45, 2.75) is 18.5 Å². The molecule has 0 unspecified atom stereocenters. The van der Waals surface area contributed by atoms with E-state index in [1.54, 1.807) is 91.0 Å². The van der Waals surface area contributed by atoms with E-state index < -0.39 is 42.5 Å². The predicted molar refractivity (Wildman–Crippen MR) is 125 cm³/mol. The summed E-state index contributed by atoms with van der Waals surface area (Å²) in [6, 6.07) is 28.9. The van der Waals surface area contributed by atoms with Crippen molar-refractivity contribution < 1.29 is 43.3 Å². The zero-order valence-corrected chi connectivity index (χ0v) is 20.7. The van der Waals surface area contributed by atoms with E-state index >= 15 is 0 Å². The van der Waals surface area contributed by atoms with E-state index in [1.165, 1.54) is 0 Å². The van der Waals surface area contributed by atoms with Gasteiger partial charge >= 0.3 is 12.4 Å². The van der Waals surface area contributed by atoms with Crippen molar-refractivity contribution >= 4 is 23.2 Å². The van der Waals surface area contributed by atoms with Gasteiger partial charge in [0.15, 0.2) is 0 Å². The van der Waals surface area contributed by atoms with Crippen LogP contribution in [-0.4, -0.2) is 0 Å². The van der Waals surface area contributed by atoms with Gasteiger partial charge < -0.3 is 17.0 Å². The highest BCUT2D eigenvalue weighted by molar-refractivity contribution is 7.95. The zero-order chi connectivity index (χ0) is 24.4. The van der Waals surface area contributed by atoms with Gasteiger partial charge in [-0.05, 0) is 48.5 Å². The zero-order valence-electron chi connectivity index (χ0n) is 18.2. The van der Waals surface area contributed by atoms with Gasteiger partial charge in [-0.15, -0.1) is 0 Å². The number of hydrogen-bond donors (Lipinski definition) is 0. The Morgan fingerprint density at radius 3 is 1.06 bits per heavy atom. The fourth-order valence-corrected chi connectivity index (χ4v) is 8.59. The first-order valence-electron chi connectivity index (χ1n) is 10.5. The largest absolute Gasteiger partial charge is 1.00 e. The molecule has 0 saturated heterocycles. The third-order valence-electron chi connectivity index (χ3n) is 5.77. The summed E-state index contributed by atoms with van der Waals surface area (Å²) in [7, 11) is -2.97. The number of alkyl halides is 6. The molecule has 4 rings (SSSR count). The van der Waals surface area contributed by atoms with Crippen molar-refractivity contribution in [2.75, 3.05) is 0 Å². The maximum Gasteiger partial charge on any atom is 0.416 e. The Morgan fingerprint density at radius 2 is 0.771 bits per heavy atom. The second-order valence-electron chi connectivity index (χ2n) is 7.80. The molecule has 35 heavy (non-hydrogen) atoms. The highest BCUT2D eigenvalue weighted by Gasteiger charge is 2.50. The summed E-state index contributed by atoms with van der Waals surface area (Å²) in [6.45, 7) is 0. The van der Waals surface area contributed by atoms with E-state index in [0.717, 1.165) is 18.2 Å². The Labute approximate surface area is 210 Å². The minimum atomic E-state index is -4.93. The van der Waals surface area contributed by atoms with Crippen LogP contribution in [0.5, 0.6) is 0 Å². The van der Waals surface area contributed by atoms with Crippen LogP contribution in [0.15, 0.2) is 109 Å². The minimum absolute atomic E-state index is 0. The number of halogens is 7. The van der Waals surface area contributed by atoms with Gasteiger partial charge in [-0.25, -0.2) is 0 Å². The molecule has 4 aromatic carbocycles. The molecule has 0 aromatic heterocycles. The van der Waals surface area contributed by atoms with Gasteiger partial charge in [-0.1, -0.05) is 60.7 Å². The lowest BCUT2D eigenvalue weighted by atomic mass is 10.0. The number of hydrogen-bond acceptors (Lipinski definition) is 0. The van der Waals surface area contributed by atoms with Gasteiger partial charge in [0.2, 0.25) is 0 Å². The first kappa shape index (κ1) is 27.0. The predicted octanol–water partition coefficient (Wildman–Crippen LogP) is 4.22. The summed E-state index contributed by atoms with van der Waals surface area (Å²) >= 11 is 0. The van der Waals surface area contributed by atoms with Crippen LogP contribution < -0.4 is 32.9 Å². The van der Waals surface area contributed by atoms with Crippen molar-refractivity contribution in [3.05, 3.63) is 126 Å². The quantitative estimate of drug-likeness (QED) is 0.250. The van der Waals surface area contributed by atoms with Crippen molar-refractivity contribution in [3.8, 4) is 0 Å². The highest BCUT2D eigenvalue weighted by atomic mass is 79.9. The van der Waals surface area contributed by atoms with E-state index in [1.807, 2.05) is 0 Å². The Balaban J connectivity index is 0.00000342. The molecule has 182 valence electrons. The summed E-state index contributed by atoms with van der Waals surface area (Å²) in [5.41, 5.74) is -3.24. The lowest BCUT2D eigenvalue weighted by Crippen LogP contribution is -3.00. The molecule has 0 fully saturated rings. The first-order valence-corrected chi connectivity index (χ1v) is 12.4. The van der Waals surface area contributed by atoms with E-state index in [9.17, 15) is 26.3 Å². The molecule has 0 spiro atoms. The van der Waals surface area contributed by atoms with E-state index in [-0.39, 0.29) is 17.0 Å². The van der Waals surface area contributed by atoms with Gasteiger partial charge in [-0.3, -0.25) is 0 Å². The first-order chi connectivity index (χ1) is 16.1. The van der Waals surface area contributed by atoms with Crippen molar-refractivity contribution in [3.63, 3.8) is 0 Å². The Bertz CT molecular complexity index is 1110. The van der Waals surface area contributed by atoms with Crippen LogP contribution in [0.2, 0.25) is 0 Å². The van der Waals surface area contributed by atoms with Crippen molar-refractivity contribution in [1.29, 1.82) is 0 Å². The Kier molecular flexibility index (Phi) is 8.13. The van der Waals surface area contributed by atoms with Crippen LogP contribution in [0.1, 0.15) is 16.7 Å². The summed E-state index contributed by atoms with van der Waals surface area (Å²) in [5, 5.41) is 2.12. The molecule has 0 nitrogen and oxygen atoms in total. The van der Waals surface area contributed by atoms with Gasteiger partial charge in [0.25, 0.3) is 0 Å². The topological polar surface area (TPSA) is 0 Å². The molecule has 0 saturated carbocycles. The number of rotatable bonds is 5. The molecular formula is C27H20BrF6P. The molecule has 0 atom stereocenters. The van der Waals surface area contributed by atoms with Crippen LogP contribution in [0.25, 0.3) is 0 Å². The lowest BCUT2D eigenvalue weighted by Gasteiger charge is -2.30. The van der Waals surface area contributed by atoms with E-state index in [0.29, 0.717) is 15.9 Å². The molecule has 0 heterocycles. The normalized spacial score (nSPS) is 12.2. The van der Waals surface area contributed by atoms with Gasteiger partial charge in [0.1, 0.15) is 23.2 Å².